The van der Waals surface area contributed by atoms with Crippen molar-refractivity contribution in [2.24, 2.45) is 0 Å². The molecule has 1 aromatic heterocycles. The Balaban J connectivity index is 1.65. The molecule has 32 heavy (non-hydrogen) atoms. The van der Waals surface area contributed by atoms with E-state index >= 15 is 0 Å². The predicted molar refractivity (Wildman–Crippen MR) is 122 cm³/mol. The van der Waals surface area contributed by atoms with Gasteiger partial charge in [-0.3, -0.25) is 4.79 Å². The molecule has 4 rings (SSSR count). The number of ether oxygens (including phenoxy) is 3. The Morgan fingerprint density at radius 1 is 0.906 bits per heavy atom. The topological polar surface area (TPSA) is 75.0 Å². The van der Waals surface area contributed by atoms with Gasteiger partial charge >= 0.3 is 5.63 Å². The monoisotopic (exact) mass is 430 g/mol. The average Bonchev–Trinajstić information content (AvgIpc) is 2.83. The van der Waals surface area contributed by atoms with Gasteiger partial charge in [-0.2, -0.15) is 0 Å². The van der Waals surface area contributed by atoms with Gasteiger partial charge in [-0.15, -0.1) is 0 Å². The molecule has 0 bridgehead atoms. The summed E-state index contributed by atoms with van der Waals surface area (Å²) < 4.78 is 21.7. The summed E-state index contributed by atoms with van der Waals surface area (Å²) in [5, 5.41) is 0.777. The first-order chi connectivity index (χ1) is 15.5. The highest BCUT2D eigenvalue weighted by Gasteiger charge is 2.15. The molecule has 6 nitrogen and oxygen atoms in total. The van der Waals surface area contributed by atoms with Crippen LogP contribution >= 0.6 is 0 Å². The quantitative estimate of drug-likeness (QED) is 0.302. The molecule has 0 spiro atoms. The Labute approximate surface area is 185 Å². The summed E-state index contributed by atoms with van der Waals surface area (Å²) in [6.07, 6.45) is 0. The molecule has 0 aliphatic heterocycles. The summed E-state index contributed by atoms with van der Waals surface area (Å²) in [4.78, 5) is 24.8. The van der Waals surface area contributed by atoms with Crippen LogP contribution in [0.2, 0.25) is 0 Å². The van der Waals surface area contributed by atoms with E-state index in [0.29, 0.717) is 28.2 Å². The number of carbonyl (C=O) groups is 1. The van der Waals surface area contributed by atoms with E-state index in [1.807, 2.05) is 30.3 Å². The van der Waals surface area contributed by atoms with Crippen molar-refractivity contribution in [3.8, 4) is 28.4 Å². The molecule has 0 atom stereocenters. The van der Waals surface area contributed by atoms with Crippen molar-refractivity contribution >= 4 is 16.8 Å². The second-order valence-corrected chi connectivity index (χ2v) is 7.22. The number of Topliss-reactive ketones (excluding diaryl/α,β-unsaturated/α-hetero) is 1. The summed E-state index contributed by atoms with van der Waals surface area (Å²) in [5.74, 6) is 1.62. The van der Waals surface area contributed by atoms with Crippen LogP contribution in [-0.4, -0.2) is 26.6 Å². The van der Waals surface area contributed by atoms with Crippen LogP contribution < -0.4 is 19.8 Å². The second kappa shape index (κ2) is 8.98. The predicted octanol–water partition coefficient (Wildman–Crippen LogP) is 5.05. The standard InChI is InChI=1S/C26H22O6/c1-16-24(31-15-23(27)18-5-4-6-20(13-18)30-3)12-11-21-22(14-25(28)32-26(16)21)17-7-9-19(29-2)10-8-17/h4-14H,15H2,1-3H3. The molecule has 3 aromatic carbocycles. The highest BCUT2D eigenvalue weighted by molar-refractivity contribution is 5.98. The van der Waals surface area contributed by atoms with Crippen molar-refractivity contribution in [3.63, 3.8) is 0 Å². The first-order valence-electron chi connectivity index (χ1n) is 10.0. The van der Waals surface area contributed by atoms with Crippen molar-refractivity contribution in [1.82, 2.24) is 0 Å². The number of aryl methyl sites for hydroxylation is 1. The van der Waals surface area contributed by atoms with E-state index < -0.39 is 5.63 Å². The lowest BCUT2D eigenvalue weighted by molar-refractivity contribution is 0.0920. The lowest BCUT2D eigenvalue weighted by atomic mass is 10.00. The zero-order valence-electron chi connectivity index (χ0n) is 18.0. The van der Waals surface area contributed by atoms with Crippen LogP contribution in [0.5, 0.6) is 17.2 Å². The molecule has 0 aliphatic carbocycles. The molecule has 1 heterocycles. The van der Waals surface area contributed by atoms with Gasteiger partial charge in [-0.1, -0.05) is 24.3 Å². The van der Waals surface area contributed by atoms with E-state index in [9.17, 15) is 9.59 Å². The molecule has 0 amide bonds. The third kappa shape index (κ3) is 4.21. The van der Waals surface area contributed by atoms with E-state index in [0.717, 1.165) is 22.3 Å². The number of rotatable bonds is 7. The second-order valence-electron chi connectivity index (χ2n) is 7.22. The molecule has 0 aliphatic rings. The van der Waals surface area contributed by atoms with Gasteiger partial charge in [-0.25, -0.2) is 4.79 Å². The van der Waals surface area contributed by atoms with E-state index in [4.69, 9.17) is 18.6 Å². The smallest absolute Gasteiger partial charge is 0.336 e. The van der Waals surface area contributed by atoms with Gasteiger partial charge in [0.25, 0.3) is 0 Å². The van der Waals surface area contributed by atoms with Crippen LogP contribution in [-0.2, 0) is 0 Å². The zero-order chi connectivity index (χ0) is 22.7. The Hall–Kier alpha value is -4.06. The van der Waals surface area contributed by atoms with Gasteiger partial charge < -0.3 is 18.6 Å². The van der Waals surface area contributed by atoms with Crippen LogP contribution in [0.3, 0.4) is 0 Å². The molecule has 0 radical (unpaired) electrons. The number of hydrogen-bond acceptors (Lipinski definition) is 6. The number of hydrogen-bond donors (Lipinski definition) is 0. The third-order valence-corrected chi connectivity index (χ3v) is 5.26. The minimum Gasteiger partial charge on any atom is -0.497 e. The number of benzene rings is 3. The zero-order valence-corrected chi connectivity index (χ0v) is 18.0. The Kier molecular flexibility index (Phi) is 5.94. The van der Waals surface area contributed by atoms with Crippen LogP contribution in [0.4, 0.5) is 0 Å². The van der Waals surface area contributed by atoms with Crippen LogP contribution in [0.1, 0.15) is 15.9 Å². The fourth-order valence-electron chi connectivity index (χ4n) is 3.53. The van der Waals surface area contributed by atoms with Crippen LogP contribution in [0, 0.1) is 6.92 Å². The first-order valence-corrected chi connectivity index (χ1v) is 10.0. The largest absolute Gasteiger partial charge is 0.497 e. The summed E-state index contributed by atoms with van der Waals surface area (Å²) in [6.45, 7) is 1.65. The Bertz CT molecular complexity index is 1340. The van der Waals surface area contributed by atoms with Gasteiger partial charge in [0.15, 0.2) is 12.4 Å². The normalized spacial score (nSPS) is 10.7. The van der Waals surface area contributed by atoms with E-state index in [-0.39, 0.29) is 12.4 Å². The van der Waals surface area contributed by atoms with E-state index in [1.54, 1.807) is 51.5 Å². The molecule has 4 aromatic rings. The number of methoxy groups -OCH3 is 2. The summed E-state index contributed by atoms with van der Waals surface area (Å²) in [7, 11) is 3.15. The first kappa shape index (κ1) is 21.2. The van der Waals surface area contributed by atoms with Crippen molar-refractivity contribution in [2.45, 2.75) is 6.92 Å². The molecule has 0 N–H and O–H groups in total. The minimum atomic E-state index is -0.462. The maximum absolute atomic E-state index is 12.5. The third-order valence-electron chi connectivity index (χ3n) is 5.26. The van der Waals surface area contributed by atoms with Crippen molar-refractivity contribution in [2.75, 3.05) is 20.8 Å². The van der Waals surface area contributed by atoms with E-state index in [1.165, 1.54) is 6.07 Å². The van der Waals surface area contributed by atoms with Gasteiger partial charge in [-0.05, 0) is 54.4 Å². The van der Waals surface area contributed by atoms with Crippen molar-refractivity contribution in [3.05, 3.63) is 88.3 Å². The molecule has 0 unspecified atom stereocenters. The number of ketones is 1. The molecular weight excluding hydrogens is 408 g/mol. The fourth-order valence-corrected chi connectivity index (χ4v) is 3.53. The SMILES string of the molecule is COc1ccc(-c2cc(=O)oc3c(C)c(OCC(=O)c4cccc(OC)c4)ccc23)cc1. The van der Waals surface area contributed by atoms with Crippen molar-refractivity contribution in [1.29, 1.82) is 0 Å². The minimum absolute atomic E-state index is 0.151. The number of carbonyl (C=O) groups excluding carboxylic acids is 1. The van der Waals surface area contributed by atoms with Crippen LogP contribution in [0.25, 0.3) is 22.1 Å². The summed E-state index contributed by atoms with van der Waals surface area (Å²) in [5.41, 5.74) is 2.72. The molecule has 6 heteroatoms. The van der Waals surface area contributed by atoms with Gasteiger partial charge in [0.05, 0.1) is 14.2 Å². The van der Waals surface area contributed by atoms with Crippen LogP contribution in [0.15, 0.2) is 75.9 Å². The Morgan fingerprint density at radius 2 is 1.66 bits per heavy atom. The summed E-state index contributed by atoms with van der Waals surface area (Å²) in [6, 6.07) is 19.4. The maximum Gasteiger partial charge on any atom is 0.336 e. The summed E-state index contributed by atoms with van der Waals surface area (Å²) >= 11 is 0. The molecule has 0 saturated carbocycles. The molecule has 0 saturated heterocycles. The van der Waals surface area contributed by atoms with Crippen molar-refractivity contribution < 1.29 is 23.4 Å². The lowest BCUT2D eigenvalue weighted by Crippen LogP contribution is -2.12. The average molecular weight is 430 g/mol. The highest BCUT2D eigenvalue weighted by atomic mass is 16.5. The maximum atomic E-state index is 12.5. The molecule has 0 fully saturated rings. The molecular formula is C26H22O6. The van der Waals surface area contributed by atoms with E-state index in [2.05, 4.69) is 0 Å². The lowest BCUT2D eigenvalue weighted by Gasteiger charge is -2.13. The van der Waals surface area contributed by atoms with Gasteiger partial charge in [0, 0.05) is 22.6 Å². The Morgan fingerprint density at radius 3 is 2.38 bits per heavy atom. The fraction of sp³-hybridized carbons (Fsp3) is 0.154. The van der Waals surface area contributed by atoms with Gasteiger partial charge in [0.2, 0.25) is 0 Å². The molecule has 162 valence electrons. The van der Waals surface area contributed by atoms with Gasteiger partial charge in [0.1, 0.15) is 22.8 Å². The number of fused-ring (bicyclic) bond motifs is 1. The highest BCUT2D eigenvalue weighted by Crippen LogP contribution is 2.33.